The Bertz CT molecular complexity index is 731. The molecule has 0 aliphatic rings. The van der Waals surface area contributed by atoms with Crippen LogP contribution in [0, 0.1) is 20.8 Å². The van der Waals surface area contributed by atoms with Gasteiger partial charge in [-0.2, -0.15) is 4.98 Å². The number of carbonyl (C=O) groups is 1. The summed E-state index contributed by atoms with van der Waals surface area (Å²) in [5.74, 6) is 0.683. The maximum atomic E-state index is 11.7. The van der Waals surface area contributed by atoms with Gasteiger partial charge in [-0.1, -0.05) is 19.4 Å². The highest BCUT2D eigenvalue weighted by molar-refractivity contribution is 5.77. The number of aryl methyl sites for hydroxylation is 3. The lowest BCUT2D eigenvalue weighted by Crippen LogP contribution is -2.29. The smallest absolute Gasteiger partial charge is 0.258 e. The van der Waals surface area contributed by atoms with Crippen molar-refractivity contribution in [1.29, 1.82) is 0 Å². The van der Waals surface area contributed by atoms with Crippen LogP contribution in [0.1, 0.15) is 36.6 Å². The maximum absolute atomic E-state index is 11.7. The van der Waals surface area contributed by atoms with E-state index in [-0.39, 0.29) is 12.5 Å². The summed E-state index contributed by atoms with van der Waals surface area (Å²) in [4.78, 5) is 20.4. The third-order valence-corrected chi connectivity index (χ3v) is 3.80. The standard InChI is InChI=1S/C19H26N4O2/c1-5-6-9-20-17(24)12-25-18-11-15(4)21-19(23-18)22-16-8-7-13(2)14(3)10-16/h7-8,10-11H,5-6,9,12H2,1-4H3,(H,20,24)(H,21,22,23). The van der Waals surface area contributed by atoms with Gasteiger partial charge < -0.3 is 15.4 Å². The number of nitrogens with zero attached hydrogens (tertiary/aromatic N) is 2. The molecule has 1 aromatic carbocycles. The molecule has 0 saturated carbocycles. The first-order valence-electron chi connectivity index (χ1n) is 8.57. The summed E-state index contributed by atoms with van der Waals surface area (Å²) in [5, 5.41) is 5.99. The van der Waals surface area contributed by atoms with Gasteiger partial charge in [0.05, 0.1) is 0 Å². The van der Waals surface area contributed by atoms with Gasteiger partial charge in [0.15, 0.2) is 6.61 Å². The number of hydrogen-bond donors (Lipinski definition) is 2. The molecule has 0 spiro atoms. The summed E-state index contributed by atoms with van der Waals surface area (Å²) < 4.78 is 5.50. The predicted molar refractivity (Wildman–Crippen MR) is 99.4 cm³/mol. The molecule has 0 bridgehead atoms. The van der Waals surface area contributed by atoms with E-state index in [1.807, 2.05) is 25.1 Å². The SMILES string of the molecule is CCCCNC(=O)COc1cc(C)nc(Nc2ccc(C)c(C)c2)n1. The lowest BCUT2D eigenvalue weighted by Gasteiger charge is -2.10. The average molecular weight is 342 g/mol. The zero-order valence-corrected chi connectivity index (χ0v) is 15.3. The molecule has 134 valence electrons. The summed E-state index contributed by atoms with van der Waals surface area (Å²) in [7, 11) is 0. The normalized spacial score (nSPS) is 10.4. The Labute approximate surface area is 149 Å². The molecule has 6 nitrogen and oxygen atoms in total. The number of carbonyl (C=O) groups excluding carboxylic acids is 1. The largest absolute Gasteiger partial charge is 0.467 e. The lowest BCUT2D eigenvalue weighted by atomic mass is 10.1. The van der Waals surface area contributed by atoms with Gasteiger partial charge in [-0.3, -0.25) is 4.79 Å². The first-order chi connectivity index (χ1) is 12.0. The molecular formula is C19H26N4O2. The van der Waals surface area contributed by atoms with Crippen LogP contribution < -0.4 is 15.4 Å². The van der Waals surface area contributed by atoms with E-state index in [9.17, 15) is 4.79 Å². The van der Waals surface area contributed by atoms with Crippen LogP contribution in [-0.4, -0.2) is 29.0 Å². The number of benzene rings is 1. The van der Waals surface area contributed by atoms with E-state index in [1.165, 1.54) is 11.1 Å². The first-order valence-corrected chi connectivity index (χ1v) is 8.57. The van der Waals surface area contributed by atoms with Crippen molar-refractivity contribution in [1.82, 2.24) is 15.3 Å². The summed E-state index contributed by atoms with van der Waals surface area (Å²) >= 11 is 0. The zero-order chi connectivity index (χ0) is 18.2. The van der Waals surface area contributed by atoms with Crippen molar-refractivity contribution in [2.45, 2.75) is 40.5 Å². The van der Waals surface area contributed by atoms with Crippen LogP contribution in [-0.2, 0) is 4.79 Å². The van der Waals surface area contributed by atoms with Gasteiger partial charge in [0, 0.05) is 24.0 Å². The fourth-order valence-electron chi connectivity index (χ4n) is 2.21. The molecule has 2 aromatic rings. The van der Waals surface area contributed by atoms with Crippen LogP contribution in [0.25, 0.3) is 0 Å². The number of nitrogens with one attached hydrogen (secondary N) is 2. The van der Waals surface area contributed by atoms with E-state index < -0.39 is 0 Å². The van der Waals surface area contributed by atoms with Gasteiger partial charge >= 0.3 is 0 Å². The molecule has 0 atom stereocenters. The summed E-state index contributed by atoms with van der Waals surface area (Å²) in [6.45, 7) is 8.69. The molecule has 0 aliphatic heterocycles. The summed E-state index contributed by atoms with van der Waals surface area (Å²) in [6, 6.07) is 7.79. The molecule has 25 heavy (non-hydrogen) atoms. The highest BCUT2D eigenvalue weighted by Crippen LogP contribution is 2.19. The molecule has 0 aliphatic carbocycles. The van der Waals surface area contributed by atoms with Crippen LogP contribution in [0.2, 0.25) is 0 Å². The Kier molecular flexibility index (Phi) is 6.74. The van der Waals surface area contributed by atoms with Crippen molar-refractivity contribution in [2.24, 2.45) is 0 Å². The topological polar surface area (TPSA) is 76.1 Å². The molecule has 6 heteroatoms. The van der Waals surface area contributed by atoms with Crippen molar-refractivity contribution in [2.75, 3.05) is 18.5 Å². The predicted octanol–water partition coefficient (Wildman–Crippen LogP) is 3.44. The molecule has 2 N–H and O–H groups in total. The Balaban J connectivity index is 1.99. The summed E-state index contributed by atoms with van der Waals surface area (Å²) in [5.41, 5.74) is 4.10. The highest BCUT2D eigenvalue weighted by atomic mass is 16.5. The van der Waals surface area contributed by atoms with Crippen molar-refractivity contribution in [3.05, 3.63) is 41.1 Å². The third-order valence-electron chi connectivity index (χ3n) is 3.80. The van der Waals surface area contributed by atoms with E-state index >= 15 is 0 Å². The Morgan fingerprint density at radius 1 is 1.12 bits per heavy atom. The molecule has 0 unspecified atom stereocenters. The van der Waals surface area contributed by atoms with Crippen LogP contribution in [0.4, 0.5) is 11.6 Å². The lowest BCUT2D eigenvalue weighted by molar-refractivity contribution is -0.123. The third kappa shape index (κ3) is 6.06. The minimum Gasteiger partial charge on any atom is -0.467 e. The molecule has 0 fully saturated rings. The van der Waals surface area contributed by atoms with Crippen LogP contribution in [0.5, 0.6) is 5.88 Å². The number of anilines is 2. The van der Waals surface area contributed by atoms with Crippen LogP contribution in [0.3, 0.4) is 0 Å². The van der Waals surface area contributed by atoms with Crippen molar-refractivity contribution < 1.29 is 9.53 Å². The van der Waals surface area contributed by atoms with Crippen molar-refractivity contribution in [3.63, 3.8) is 0 Å². The van der Waals surface area contributed by atoms with Gasteiger partial charge in [-0.25, -0.2) is 4.98 Å². The van der Waals surface area contributed by atoms with Crippen molar-refractivity contribution in [3.8, 4) is 5.88 Å². The Morgan fingerprint density at radius 3 is 2.64 bits per heavy atom. The number of amides is 1. The van der Waals surface area contributed by atoms with E-state index in [2.05, 4.69) is 41.4 Å². The second-order valence-electron chi connectivity index (χ2n) is 6.09. The molecular weight excluding hydrogens is 316 g/mol. The number of rotatable bonds is 8. The quantitative estimate of drug-likeness (QED) is 0.719. The molecule has 1 aromatic heterocycles. The first kappa shape index (κ1) is 18.7. The van der Waals surface area contributed by atoms with Gasteiger partial charge in [-0.15, -0.1) is 0 Å². The number of ether oxygens (including phenoxy) is 1. The van der Waals surface area contributed by atoms with Gasteiger partial charge in [0.2, 0.25) is 11.8 Å². The van der Waals surface area contributed by atoms with E-state index in [0.29, 0.717) is 18.4 Å². The van der Waals surface area contributed by atoms with Crippen LogP contribution in [0.15, 0.2) is 24.3 Å². The average Bonchev–Trinajstić information content (AvgIpc) is 2.56. The Morgan fingerprint density at radius 2 is 1.92 bits per heavy atom. The van der Waals surface area contributed by atoms with Gasteiger partial charge in [-0.05, 0) is 50.5 Å². The van der Waals surface area contributed by atoms with Gasteiger partial charge in [0.1, 0.15) is 0 Å². The van der Waals surface area contributed by atoms with E-state index in [0.717, 1.165) is 24.2 Å². The second-order valence-corrected chi connectivity index (χ2v) is 6.09. The Hall–Kier alpha value is -2.63. The second kappa shape index (κ2) is 9.01. The fourth-order valence-corrected chi connectivity index (χ4v) is 2.21. The van der Waals surface area contributed by atoms with E-state index in [4.69, 9.17) is 4.74 Å². The van der Waals surface area contributed by atoms with Gasteiger partial charge in [0.25, 0.3) is 5.91 Å². The highest BCUT2D eigenvalue weighted by Gasteiger charge is 2.07. The van der Waals surface area contributed by atoms with Crippen LogP contribution >= 0.6 is 0 Å². The molecule has 1 heterocycles. The van der Waals surface area contributed by atoms with E-state index in [1.54, 1.807) is 6.07 Å². The molecule has 1 amide bonds. The summed E-state index contributed by atoms with van der Waals surface area (Å²) in [6.07, 6.45) is 2.00. The molecule has 0 radical (unpaired) electrons. The molecule has 0 saturated heterocycles. The maximum Gasteiger partial charge on any atom is 0.258 e. The number of aromatic nitrogens is 2. The van der Waals surface area contributed by atoms with Crippen molar-refractivity contribution >= 4 is 17.5 Å². The fraction of sp³-hybridized carbons (Fsp3) is 0.421. The molecule has 2 rings (SSSR count). The number of unbranched alkanes of at least 4 members (excludes halogenated alkanes) is 1. The monoisotopic (exact) mass is 342 g/mol. The minimum atomic E-state index is -0.145. The number of hydrogen-bond acceptors (Lipinski definition) is 5. The minimum absolute atomic E-state index is 0.0523. The zero-order valence-electron chi connectivity index (χ0n) is 15.3.